The molecule has 0 fully saturated rings. The van der Waals surface area contributed by atoms with E-state index < -0.39 is 0 Å². The maximum atomic E-state index is 5.47. The Balaban J connectivity index is 1.06. The van der Waals surface area contributed by atoms with Gasteiger partial charge in [-0.2, -0.15) is 0 Å². The Morgan fingerprint density at radius 1 is 0.581 bits per heavy atom. The number of fused-ring (bicyclic) bond motifs is 9. The van der Waals surface area contributed by atoms with E-state index >= 15 is 0 Å². The molecule has 0 aromatic heterocycles. The number of rotatable bonds is 6. The number of allylic oxidation sites excluding steroid dienone is 4. The predicted octanol–water partition coefficient (Wildman–Crippen LogP) is 14.7. The summed E-state index contributed by atoms with van der Waals surface area (Å²) in [5.41, 5.74) is 17.9. The first kappa shape index (κ1) is 36.6. The summed E-state index contributed by atoms with van der Waals surface area (Å²) in [6.45, 7) is 0. The smallest absolute Gasteiger partial charge is 0.132 e. The van der Waals surface area contributed by atoms with Crippen LogP contribution < -0.4 is 0 Å². The molecule has 0 spiro atoms. The largest absolute Gasteiger partial charge is 0.349 e. The number of likely N-dealkylation sites (N-methyl/N-ethyl adjacent to an activating group) is 1. The molecule has 0 radical (unpaired) electrons. The van der Waals surface area contributed by atoms with E-state index in [1.807, 2.05) is 0 Å². The van der Waals surface area contributed by atoms with Crippen molar-refractivity contribution < 1.29 is 0 Å². The van der Waals surface area contributed by atoms with Gasteiger partial charge >= 0.3 is 0 Å². The molecule has 2 nitrogen and oxygen atoms in total. The van der Waals surface area contributed by atoms with E-state index in [0.717, 1.165) is 42.8 Å². The third-order valence-corrected chi connectivity index (χ3v) is 14.0. The monoisotopic (exact) mass is 794 g/mol. The fourth-order valence-electron chi connectivity index (χ4n) is 11.3. The quantitative estimate of drug-likeness (QED) is 0.153. The zero-order valence-electron chi connectivity index (χ0n) is 34.9. The predicted molar refractivity (Wildman–Crippen MR) is 260 cm³/mol. The van der Waals surface area contributed by atoms with E-state index in [1.165, 1.54) is 88.3 Å². The Morgan fingerprint density at radius 2 is 1.27 bits per heavy atom. The molecule has 3 aliphatic carbocycles. The second-order valence-corrected chi connectivity index (χ2v) is 17.2. The molecule has 0 amide bonds. The van der Waals surface area contributed by atoms with Crippen molar-refractivity contribution >= 4 is 39.2 Å². The Kier molecular flexibility index (Phi) is 8.67. The Hall–Kier alpha value is -7.29. The molecule has 4 aliphatic rings. The number of amidine groups is 1. The van der Waals surface area contributed by atoms with Crippen molar-refractivity contribution in [3.05, 3.63) is 250 Å². The van der Waals surface area contributed by atoms with Gasteiger partial charge in [0.05, 0.1) is 17.2 Å². The number of benzene rings is 8. The lowest BCUT2D eigenvalue weighted by Crippen LogP contribution is -2.34. The maximum Gasteiger partial charge on any atom is 0.132 e. The molecule has 8 aromatic carbocycles. The molecule has 0 saturated carbocycles. The van der Waals surface area contributed by atoms with Gasteiger partial charge in [-0.1, -0.05) is 194 Å². The summed E-state index contributed by atoms with van der Waals surface area (Å²) in [5.74, 6) is 1.05. The zero-order valence-corrected chi connectivity index (χ0v) is 34.9. The van der Waals surface area contributed by atoms with Crippen LogP contribution in [0.25, 0.3) is 55.6 Å². The summed E-state index contributed by atoms with van der Waals surface area (Å²) in [5, 5.41) is 5.27. The second kappa shape index (κ2) is 14.7. The van der Waals surface area contributed by atoms with Gasteiger partial charge in [-0.15, -0.1) is 0 Å². The summed E-state index contributed by atoms with van der Waals surface area (Å²) < 4.78 is 0. The molecule has 8 aromatic rings. The van der Waals surface area contributed by atoms with Crippen LogP contribution in [0.3, 0.4) is 0 Å². The normalized spacial score (nSPS) is 19.0. The molecule has 1 heterocycles. The van der Waals surface area contributed by atoms with Crippen LogP contribution in [0.5, 0.6) is 0 Å². The number of aliphatic imine (C=N–C) groups is 1. The molecule has 12 rings (SSSR count). The third kappa shape index (κ3) is 5.60. The number of hydrogen-bond acceptors (Lipinski definition) is 2. The fourth-order valence-corrected chi connectivity index (χ4v) is 11.3. The molecule has 0 saturated heterocycles. The third-order valence-electron chi connectivity index (χ3n) is 14.0. The number of aryl methyl sites for hydroxylation is 1. The topological polar surface area (TPSA) is 15.6 Å². The Morgan fingerprint density at radius 3 is 2.08 bits per heavy atom. The van der Waals surface area contributed by atoms with Gasteiger partial charge in [-0.25, -0.2) is 4.99 Å². The van der Waals surface area contributed by atoms with Crippen LogP contribution in [0.2, 0.25) is 0 Å². The van der Waals surface area contributed by atoms with Crippen molar-refractivity contribution in [3.63, 3.8) is 0 Å². The van der Waals surface area contributed by atoms with Crippen LogP contribution in [0.15, 0.2) is 216 Å². The van der Waals surface area contributed by atoms with Gasteiger partial charge in [0.25, 0.3) is 0 Å². The SMILES string of the molecule is CN1C(C2=Cc3c(c4c(-c5ccc6c(c5)C(C5=CC=CCC5)(c5ccccc5)c5ccccc5-6)cccc4c4ccccc34)CC2)=NC(c2ccccc2)=CC1c1ccccc1. The molecule has 1 aliphatic heterocycles. The molecule has 2 heteroatoms. The van der Waals surface area contributed by atoms with Gasteiger partial charge in [0.2, 0.25) is 0 Å². The average Bonchev–Trinajstić information content (AvgIpc) is 3.65. The van der Waals surface area contributed by atoms with Gasteiger partial charge in [0.1, 0.15) is 5.84 Å². The second-order valence-electron chi connectivity index (χ2n) is 17.2. The number of hydrogen-bond donors (Lipinski definition) is 0. The van der Waals surface area contributed by atoms with Crippen LogP contribution in [-0.4, -0.2) is 17.8 Å². The standard InChI is InChI=1S/C60H46N2/c1-62-57(41-21-8-3-9-22-41)39-56(40-19-6-2-7-20-40)61-59(62)43-34-36-52-53(37-43)48-28-15-14-27-47(48)51-31-18-30-46(58(51)52)42-33-35-50-49-29-16-17-32-54(49)60(55(50)38-42,44-23-10-4-11-24-44)45-25-12-5-13-26-45/h2-12,14-25,27-33,35,37-39,57H,13,26,34,36H2,1H3. The first-order chi connectivity index (χ1) is 30.7. The molecule has 2 unspecified atom stereocenters. The zero-order chi connectivity index (χ0) is 41.2. The van der Waals surface area contributed by atoms with Gasteiger partial charge in [-0.3, -0.25) is 0 Å². The molecule has 2 atom stereocenters. The van der Waals surface area contributed by atoms with Gasteiger partial charge < -0.3 is 4.90 Å². The maximum absolute atomic E-state index is 5.47. The highest BCUT2D eigenvalue weighted by Gasteiger charge is 2.47. The molecule has 0 N–H and O–H groups in total. The van der Waals surface area contributed by atoms with Crippen molar-refractivity contribution in [3.8, 4) is 22.3 Å². The van der Waals surface area contributed by atoms with E-state index in [9.17, 15) is 0 Å². The average molecular weight is 795 g/mol. The fraction of sp³-hybridized carbons (Fsp3) is 0.117. The number of nitrogens with zero attached hydrogens (tertiary/aromatic N) is 2. The molecule has 62 heavy (non-hydrogen) atoms. The summed E-state index contributed by atoms with van der Waals surface area (Å²) in [4.78, 5) is 7.85. The minimum absolute atomic E-state index is 0.0653. The van der Waals surface area contributed by atoms with Crippen molar-refractivity contribution in [2.75, 3.05) is 7.05 Å². The lowest BCUT2D eigenvalue weighted by atomic mass is 9.65. The first-order valence-electron chi connectivity index (χ1n) is 22.2. The molecule has 296 valence electrons. The summed E-state index contributed by atoms with van der Waals surface area (Å²) in [6, 6.07) is 65.3. The summed E-state index contributed by atoms with van der Waals surface area (Å²) in [6.07, 6.45) is 15.7. The van der Waals surface area contributed by atoms with Crippen LogP contribution in [0.4, 0.5) is 0 Å². The van der Waals surface area contributed by atoms with E-state index in [2.05, 4.69) is 218 Å². The van der Waals surface area contributed by atoms with E-state index in [1.54, 1.807) is 0 Å². The van der Waals surface area contributed by atoms with Gasteiger partial charge in [0, 0.05) is 7.05 Å². The van der Waals surface area contributed by atoms with Crippen LogP contribution in [-0.2, 0) is 11.8 Å². The highest BCUT2D eigenvalue weighted by atomic mass is 15.2. The van der Waals surface area contributed by atoms with Gasteiger partial charge in [-0.05, 0) is 132 Å². The summed E-state index contributed by atoms with van der Waals surface area (Å²) in [7, 11) is 2.21. The first-order valence-corrected chi connectivity index (χ1v) is 22.2. The summed E-state index contributed by atoms with van der Waals surface area (Å²) >= 11 is 0. The van der Waals surface area contributed by atoms with Crippen molar-refractivity contribution in [2.24, 2.45) is 4.99 Å². The van der Waals surface area contributed by atoms with Crippen molar-refractivity contribution in [2.45, 2.75) is 37.1 Å². The molecule has 0 bridgehead atoms. The van der Waals surface area contributed by atoms with Crippen molar-refractivity contribution in [1.82, 2.24) is 4.90 Å². The van der Waals surface area contributed by atoms with Crippen molar-refractivity contribution in [1.29, 1.82) is 0 Å². The van der Waals surface area contributed by atoms with Crippen LogP contribution >= 0.6 is 0 Å². The highest BCUT2D eigenvalue weighted by molar-refractivity contribution is 6.18. The molecular weight excluding hydrogens is 749 g/mol. The van der Waals surface area contributed by atoms with E-state index in [0.29, 0.717) is 0 Å². The Bertz CT molecular complexity index is 3240. The lowest BCUT2D eigenvalue weighted by Gasteiger charge is -2.37. The van der Waals surface area contributed by atoms with Crippen LogP contribution in [0.1, 0.15) is 64.2 Å². The minimum Gasteiger partial charge on any atom is -0.349 e. The van der Waals surface area contributed by atoms with E-state index in [4.69, 9.17) is 4.99 Å². The van der Waals surface area contributed by atoms with E-state index in [-0.39, 0.29) is 11.5 Å². The minimum atomic E-state index is -0.375. The molecular formula is C60H46N2. The Labute approximate surface area is 364 Å². The van der Waals surface area contributed by atoms with Gasteiger partial charge in [0.15, 0.2) is 0 Å². The highest BCUT2D eigenvalue weighted by Crippen LogP contribution is 2.58. The lowest BCUT2D eigenvalue weighted by molar-refractivity contribution is 0.433. The van der Waals surface area contributed by atoms with Crippen LogP contribution in [0, 0.1) is 0 Å².